The van der Waals surface area contributed by atoms with E-state index in [0.717, 1.165) is 12.2 Å². The molecule has 0 amide bonds. The van der Waals surface area contributed by atoms with Crippen molar-refractivity contribution in [3.63, 3.8) is 0 Å². The predicted octanol–water partition coefficient (Wildman–Crippen LogP) is 3.08. The summed E-state index contributed by atoms with van der Waals surface area (Å²) < 4.78 is 32.7. The first-order valence-electron chi connectivity index (χ1n) is 10.7. The summed E-state index contributed by atoms with van der Waals surface area (Å²) in [5.41, 5.74) is -1.22. The van der Waals surface area contributed by atoms with E-state index >= 15 is 0 Å². The molecule has 0 aromatic rings. The minimum absolute atomic E-state index is 0.0248. The average Bonchev–Trinajstić information content (AvgIpc) is 3.34. The largest absolute Gasteiger partial charge is 0.748 e. The average molecular weight is 431 g/mol. The van der Waals surface area contributed by atoms with E-state index in [1.807, 2.05) is 13.8 Å². The second kappa shape index (κ2) is 8.38. The van der Waals surface area contributed by atoms with Gasteiger partial charge in [0.1, 0.15) is 17.3 Å². The fraction of sp³-hybridized carbons (Fsp3) is 0.905. The van der Waals surface area contributed by atoms with Crippen LogP contribution in [0.15, 0.2) is 0 Å². The smallest absolute Gasteiger partial charge is 0.184 e. The molecule has 0 aromatic carbocycles. The Labute approximate surface area is 172 Å². The SMILES string of the molecule is CC1(C)C2CCC1(CS(=O)(=O)[O-])C(=O)C2.O=C(C[S+]1CCCC1)C1CCCC1. The summed E-state index contributed by atoms with van der Waals surface area (Å²) in [5.74, 6) is 4.41. The topological polar surface area (TPSA) is 91.3 Å². The molecule has 7 heteroatoms. The molecule has 28 heavy (non-hydrogen) atoms. The van der Waals surface area contributed by atoms with Gasteiger partial charge in [0, 0.05) is 17.8 Å². The van der Waals surface area contributed by atoms with Crippen LogP contribution in [0.4, 0.5) is 0 Å². The van der Waals surface area contributed by atoms with Crippen LogP contribution in [-0.2, 0) is 30.6 Å². The highest BCUT2D eigenvalue weighted by molar-refractivity contribution is 7.97. The molecule has 4 aliphatic rings. The van der Waals surface area contributed by atoms with E-state index in [9.17, 15) is 22.6 Å². The zero-order chi connectivity index (χ0) is 20.6. The van der Waals surface area contributed by atoms with Crippen LogP contribution < -0.4 is 0 Å². The van der Waals surface area contributed by atoms with Crippen LogP contribution in [0, 0.1) is 22.7 Å². The van der Waals surface area contributed by atoms with Crippen molar-refractivity contribution in [3.05, 3.63) is 0 Å². The van der Waals surface area contributed by atoms with Crippen LogP contribution in [0.5, 0.6) is 0 Å². The van der Waals surface area contributed by atoms with Gasteiger partial charge in [0.2, 0.25) is 0 Å². The van der Waals surface area contributed by atoms with Gasteiger partial charge in [-0.25, -0.2) is 8.42 Å². The van der Waals surface area contributed by atoms with Gasteiger partial charge in [-0.05, 0) is 60.8 Å². The molecule has 1 aliphatic heterocycles. The number of Topliss-reactive ketones (excluding diaryl/α,β-unsaturated/α-hetero) is 2. The third kappa shape index (κ3) is 4.51. The Bertz CT molecular complexity index is 702. The van der Waals surface area contributed by atoms with Gasteiger partial charge in [-0.1, -0.05) is 26.7 Å². The van der Waals surface area contributed by atoms with Crippen molar-refractivity contribution in [3.8, 4) is 0 Å². The van der Waals surface area contributed by atoms with Gasteiger partial charge in [-0.2, -0.15) is 0 Å². The molecule has 2 bridgehead atoms. The molecular formula is C21H34O5S2. The van der Waals surface area contributed by atoms with Crippen LogP contribution in [-0.4, -0.2) is 47.5 Å². The van der Waals surface area contributed by atoms with Gasteiger partial charge >= 0.3 is 0 Å². The van der Waals surface area contributed by atoms with Crippen LogP contribution in [0.3, 0.4) is 0 Å². The highest BCUT2D eigenvalue weighted by atomic mass is 32.2. The van der Waals surface area contributed by atoms with Crippen molar-refractivity contribution in [2.45, 2.75) is 71.6 Å². The number of fused-ring (bicyclic) bond motifs is 2. The zero-order valence-electron chi connectivity index (χ0n) is 17.2. The first kappa shape index (κ1) is 22.3. The number of ketones is 2. The van der Waals surface area contributed by atoms with Gasteiger partial charge in [0.25, 0.3) is 0 Å². The van der Waals surface area contributed by atoms with Gasteiger partial charge in [-0.3, -0.25) is 9.59 Å². The molecule has 2 atom stereocenters. The summed E-state index contributed by atoms with van der Waals surface area (Å²) in [7, 11) is -3.83. The highest BCUT2D eigenvalue weighted by Gasteiger charge is 2.64. The molecule has 5 nitrogen and oxygen atoms in total. The minimum atomic E-state index is -4.33. The van der Waals surface area contributed by atoms with E-state index in [1.165, 1.54) is 50.0 Å². The Kier molecular flexibility index (Phi) is 6.67. The van der Waals surface area contributed by atoms with Crippen LogP contribution >= 0.6 is 0 Å². The lowest BCUT2D eigenvalue weighted by Gasteiger charge is -2.37. The van der Waals surface area contributed by atoms with Crippen molar-refractivity contribution in [2.24, 2.45) is 22.7 Å². The maximum Gasteiger partial charge on any atom is 0.184 e. The van der Waals surface area contributed by atoms with E-state index < -0.39 is 21.3 Å². The summed E-state index contributed by atoms with van der Waals surface area (Å²) in [6.07, 6.45) is 9.60. The van der Waals surface area contributed by atoms with Crippen molar-refractivity contribution in [2.75, 3.05) is 23.0 Å². The Morgan fingerprint density at radius 1 is 1.11 bits per heavy atom. The number of carbonyl (C=O) groups excluding carboxylic acids is 2. The third-order valence-corrected chi connectivity index (χ3v) is 11.1. The molecule has 0 aromatic heterocycles. The van der Waals surface area contributed by atoms with E-state index in [-0.39, 0.29) is 17.1 Å². The van der Waals surface area contributed by atoms with Gasteiger partial charge in [0.05, 0.1) is 15.9 Å². The molecule has 3 aliphatic carbocycles. The summed E-state index contributed by atoms with van der Waals surface area (Å²) in [6, 6.07) is 0. The molecule has 2 unspecified atom stereocenters. The molecule has 160 valence electrons. The molecule has 4 fully saturated rings. The Hall–Kier alpha value is -0.400. The molecule has 3 saturated carbocycles. The number of hydrogen-bond acceptors (Lipinski definition) is 5. The van der Waals surface area contributed by atoms with E-state index in [0.29, 0.717) is 35.4 Å². The van der Waals surface area contributed by atoms with Gasteiger partial charge < -0.3 is 4.55 Å². The maximum atomic E-state index is 11.8. The number of rotatable bonds is 5. The third-order valence-electron chi connectivity index (χ3n) is 7.84. The molecular weight excluding hydrogens is 396 g/mol. The molecule has 1 saturated heterocycles. The van der Waals surface area contributed by atoms with Gasteiger partial charge in [-0.15, -0.1) is 0 Å². The van der Waals surface area contributed by atoms with Crippen molar-refractivity contribution in [1.29, 1.82) is 0 Å². The van der Waals surface area contributed by atoms with Crippen molar-refractivity contribution < 1.29 is 22.6 Å². The first-order valence-corrected chi connectivity index (χ1v) is 14.0. The molecule has 1 heterocycles. The number of hydrogen-bond donors (Lipinski definition) is 0. The highest BCUT2D eigenvalue weighted by Crippen LogP contribution is 2.64. The standard InChI is InChI=1S/C11H19OS.C10H16O4S/c12-11(10-5-1-2-6-10)9-13-7-3-4-8-13;1-9(2)7-3-4-10(9,8(11)5-7)6-15(12,13)14/h10H,1-9H2;7H,3-6H2,1-2H3,(H,12,13,14)/q+1;/p-1. The second-order valence-electron chi connectivity index (χ2n) is 9.69. The zero-order valence-corrected chi connectivity index (χ0v) is 18.8. The Morgan fingerprint density at radius 2 is 1.71 bits per heavy atom. The molecule has 0 radical (unpaired) electrons. The fourth-order valence-corrected chi connectivity index (χ4v) is 9.47. The molecule has 4 rings (SSSR count). The minimum Gasteiger partial charge on any atom is -0.748 e. The maximum absolute atomic E-state index is 11.8. The Morgan fingerprint density at radius 3 is 2.18 bits per heavy atom. The summed E-state index contributed by atoms with van der Waals surface area (Å²) in [6.45, 7) is 3.83. The normalized spacial score (nSPS) is 32.5. The quantitative estimate of drug-likeness (QED) is 0.494. The fourth-order valence-electron chi connectivity index (χ4n) is 5.84. The first-order chi connectivity index (χ1) is 13.1. The molecule has 0 N–H and O–H groups in total. The predicted molar refractivity (Wildman–Crippen MR) is 111 cm³/mol. The van der Waals surface area contributed by atoms with E-state index in [4.69, 9.17) is 0 Å². The lowest BCUT2D eigenvalue weighted by Crippen LogP contribution is -2.42. The second-order valence-corrected chi connectivity index (χ2v) is 13.4. The van der Waals surface area contributed by atoms with Crippen molar-refractivity contribution in [1.82, 2.24) is 0 Å². The Balaban J connectivity index is 0.000000162. The monoisotopic (exact) mass is 430 g/mol. The summed E-state index contributed by atoms with van der Waals surface area (Å²) >= 11 is 0. The van der Waals surface area contributed by atoms with Crippen LogP contribution in [0.1, 0.15) is 71.6 Å². The lowest BCUT2D eigenvalue weighted by atomic mass is 9.70. The molecule has 0 spiro atoms. The summed E-state index contributed by atoms with van der Waals surface area (Å²) in [5, 5.41) is 0. The van der Waals surface area contributed by atoms with E-state index in [2.05, 4.69) is 0 Å². The van der Waals surface area contributed by atoms with E-state index in [1.54, 1.807) is 0 Å². The number of carbonyl (C=O) groups is 2. The summed E-state index contributed by atoms with van der Waals surface area (Å²) in [4.78, 5) is 23.7. The lowest BCUT2D eigenvalue weighted by molar-refractivity contribution is -0.128. The van der Waals surface area contributed by atoms with Crippen LogP contribution in [0.2, 0.25) is 0 Å². The van der Waals surface area contributed by atoms with Crippen LogP contribution in [0.25, 0.3) is 0 Å². The van der Waals surface area contributed by atoms with Gasteiger partial charge in [0.15, 0.2) is 11.5 Å². The van der Waals surface area contributed by atoms with Crippen molar-refractivity contribution >= 4 is 32.6 Å².